The summed E-state index contributed by atoms with van der Waals surface area (Å²) in [4.78, 5) is 18.9. The maximum atomic E-state index is 12.2. The molecule has 7 nitrogen and oxygen atoms in total. The van der Waals surface area contributed by atoms with Gasteiger partial charge in [0, 0.05) is 13.1 Å². The molecule has 1 saturated heterocycles. The lowest BCUT2D eigenvalue weighted by Crippen LogP contribution is -2.38. The maximum Gasteiger partial charge on any atom is 0.240 e. The van der Waals surface area contributed by atoms with Gasteiger partial charge in [0.25, 0.3) is 0 Å². The largest absolute Gasteiger partial charge is 0.495 e. The van der Waals surface area contributed by atoms with E-state index in [1.54, 1.807) is 19.2 Å². The average Bonchev–Trinajstić information content (AvgIpc) is 3.01. The Labute approximate surface area is 153 Å². The molecule has 7 heteroatoms. The zero-order chi connectivity index (χ0) is 18.5. The van der Waals surface area contributed by atoms with Gasteiger partial charge in [-0.1, -0.05) is 31.1 Å². The average molecular weight is 358 g/mol. The number of ether oxygens (including phenoxy) is 1. The summed E-state index contributed by atoms with van der Waals surface area (Å²) in [6.45, 7) is 7.25. The van der Waals surface area contributed by atoms with Crippen molar-refractivity contribution >= 4 is 11.6 Å². The highest BCUT2D eigenvalue weighted by molar-refractivity contribution is 5.93. The van der Waals surface area contributed by atoms with Gasteiger partial charge in [-0.15, -0.1) is 0 Å². The van der Waals surface area contributed by atoms with Gasteiger partial charge in [-0.3, -0.25) is 9.69 Å². The van der Waals surface area contributed by atoms with Crippen LogP contribution >= 0.6 is 0 Å². The van der Waals surface area contributed by atoms with E-state index in [0.717, 1.165) is 13.1 Å². The molecule has 1 aliphatic heterocycles. The molecule has 1 amide bonds. The molecular formula is C19H26N4O3. The summed E-state index contributed by atoms with van der Waals surface area (Å²) >= 11 is 0. The fourth-order valence-electron chi connectivity index (χ4n) is 3.62. The molecule has 1 aliphatic rings. The Morgan fingerprint density at radius 2 is 2.04 bits per heavy atom. The van der Waals surface area contributed by atoms with E-state index in [-0.39, 0.29) is 12.3 Å². The lowest BCUT2D eigenvalue weighted by molar-refractivity contribution is -0.115. The van der Waals surface area contributed by atoms with Gasteiger partial charge in [-0.2, -0.15) is 4.98 Å². The first-order chi connectivity index (χ1) is 12.5. The Morgan fingerprint density at radius 1 is 1.31 bits per heavy atom. The summed E-state index contributed by atoms with van der Waals surface area (Å²) in [6, 6.07) is 7.27. The number of piperidine rings is 1. The van der Waals surface area contributed by atoms with Crippen molar-refractivity contribution in [3.63, 3.8) is 0 Å². The number of amides is 1. The van der Waals surface area contributed by atoms with Crippen molar-refractivity contribution in [3.8, 4) is 5.75 Å². The number of nitrogens with one attached hydrogen (secondary N) is 1. The van der Waals surface area contributed by atoms with E-state index in [1.807, 2.05) is 12.1 Å². The highest BCUT2D eigenvalue weighted by atomic mass is 16.5. The number of benzene rings is 1. The van der Waals surface area contributed by atoms with Gasteiger partial charge in [-0.05, 0) is 30.4 Å². The number of carbonyl (C=O) groups is 1. The molecular weight excluding hydrogens is 332 g/mol. The second kappa shape index (κ2) is 8.31. The molecule has 1 N–H and O–H groups in total. The second-order valence-corrected chi connectivity index (χ2v) is 7.17. The van der Waals surface area contributed by atoms with Crippen molar-refractivity contribution in [1.29, 1.82) is 0 Å². The van der Waals surface area contributed by atoms with Crippen LogP contribution in [0.4, 0.5) is 5.69 Å². The number of hydrogen-bond acceptors (Lipinski definition) is 6. The molecule has 0 spiro atoms. The van der Waals surface area contributed by atoms with E-state index in [0.29, 0.717) is 41.5 Å². The van der Waals surface area contributed by atoms with Crippen molar-refractivity contribution in [2.75, 3.05) is 25.5 Å². The molecule has 0 radical (unpaired) electrons. The van der Waals surface area contributed by atoms with E-state index < -0.39 is 0 Å². The number of anilines is 1. The monoisotopic (exact) mass is 358 g/mol. The van der Waals surface area contributed by atoms with Crippen LogP contribution in [0, 0.1) is 11.8 Å². The SMILES string of the molecule is COc1ccccc1NC(=O)Cc1noc(CN2CC(C)CC(C)C2)n1. The Morgan fingerprint density at radius 3 is 2.77 bits per heavy atom. The first kappa shape index (κ1) is 18.4. The lowest BCUT2D eigenvalue weighted by Gasteiger charge is -2.33. The molecule has 0 saturated carbocycles. The molecule has 26 heavy (non-hydrogen) atoms. The molecule has 140 valence electrons. The molecule has 0 bridgehead atoms. The molecule has 2 aromatic rings. The quantitative estimate of drug-likeness (QED) is 0.855. The standard InChI is InChI=1S/C19H26N4O3/c1-13-8-14(2)11-23(10-13)12-19-21-17(22-26-19)9-18(24)20-15-6-4-5-7-16(15)25-3/h4-7,13-14H,8-12H2,1-3H3,(H,20,24). The first-order valence-electron chi connectivity index (χ1n) is 9.00. The summed E-state index contributed by atoms with van der Waals surface area (Å²) in [5.41, 5.74) is 0.625. The Kier molecular flexibility index (Phi) is 5.88. The van der Waals surface area contributed by atoms with Crippen molar-refractivity contribution in [3.05, 3.63) is 36.0 Å². The van der Waals surface area contributed by atoms with Crippen molar-refractivity contribution in [2.45, 2.75) is 33.2 Å². The first-order valence-corrected chi connectivity index (χ1v) is 9.00. The third-order valence-corrected chi connectivity index (χ3v) is 4.51. The van der Waals surface area contributed by atoms with Gasteiger partial charge in [0.1, 0.15) is 5.75 Å². The fourth-order valence-corrected chi connectivity index (χ4v) is 3.62. The van der Waals surface area contributed by atoms with E-state index in [4.69, 9.17) is 9.26 Å². The molecule has 1 fully saturated rings. The molecule has 0 aliphatic carbocycles. The van der Waals surface area contributed by atoms with Crippen molar-refractivity contribution in [2.24, 2.45) is 11.8 Å². The van der Waals surface area contributed by atoms with E-state index >= 15 is 0 Å². The molecule has 3 rings (SSSR count). The third kappa shape index (κ3) is 4.82. The number of aromatic nitrogens is 2. The topological polar surface area (TPSA) is 80.5 Å². The predicted octanol–water partition coefficient (Wildman–Crippen LogP) is 2.74. The van der Waals surface area contributed by atoms with E-state index in [9.17, 15) is 4.79 Å². The van der Waals surface area contributed by atoms with Crippen LogP contribution in [-0.2, 0) is 17.8 Å². The summed E-state index contributed by atoms with van der Waals surface area (Å²) in [5.74, 6) is 2.71. The third-order valence-electron chi connectivity index (χ3n) is 4.51. The summed E-state index contributed by atoms with van der Waals surface area (Å²) in [6.07, 6.45) is 1.32. The smallest absolute Gasteiger partial charge is 0.240 e. The van der Waals surface area contributed by atoms with Gasteiger partial charge >= 0.3 is 0 Å². The lowest BCUT2D eigenvalue weighted by atomic mass is 9.92. The zero-order valence-corrected chi connectivity index (χ0v) is 15.6. The van der Waals surface area contributed by atoms with Crippen molar-refractivity contribution in [1.82, 2.24) is 15.0 Å². The Bertz CT molecular complexity index is 736. The minimum atomic E-state index is -0.206. The normalized spacial score (nSPS) is 20.7. The van der Waals surface area contributed by atoms with Gasteiger partial charge in [0.15, 0.2) is 5.82 Å². The van der Waals surface area contributed by atoms with Crippen LogP contribution in [0.2, 0.25) is 0 Å². The van der Waals surface area contributed by atoms with Gasteiger partial charge in [0.2, 0.25) is 11.8 Å². The number of rotatable bonds is 6. The Balaban J connectivity index is 1.55. The van der Waals surface area contributed by atoms with Crippen LogP contribution in [0.1, 0.15) is 32.0 Å². The maximum absolute atomic E-state index is 12.2. The number of methoxy groups -OCH3 is 1. The number of nitrogens with zero attached hydrogens (tertiary/aromatic N) is 3. The van der Waals surface area contributed by atoms with Gasteiger partial charge < -0.3 is 14.6 Å². The van der Waals surface area contributed by atoms with Crippen LogP contribution in [-0.4, -0.2) is 41.1 Å². The molecule has 1 aromatic heterocycles. The van der Waals surface area contributed by atoms with Crippen molar-refractivity contribution < 1.29 is 14.1 Å². The summed E-state index contributed by atoms with van der Waals surface area (Å²) in [7, 11) is 1.57. The highest BCUT2D eigenvalue weighted by Gasteiger charge is 2.23. The number of carbonyl (C=O) groups excluding carboxylic acids is 1. The molecule has 2 heterocycles. The van der Waals surface area contributed by atoms with E-state index in [2.05, 4.69) is 34.2 Å². The number of likely N-dealkylation sites (tertiary alicyclic amines) is 1. The second-order valence-electron chi connectivity index (χ2n) is 7.17. The van der Waals surface area contributed by atoms with E-state index in [1.165, 1.54) is 6.42 Å². The Hall–Kier alpha value is -2.41. The number of para-hydroxylation sites is 2. The van der Waals surface area contributed by atoms with Crippen LogP contribution in [0.25, 0.3) is 0 Å². The predicted molar refractivity (Wildman–Crippen MR) is 97.8 cm³/mol. The fraction of sp³-hybridized carbons (Fsp3) is 0.526. The minimum absolute atomic E-state index is 0.0638. The number of hydrogen-bond donors (Lipinski definition) is 1. The zero-order valence-electron chi connectivity index (χ0n) is 15.6. The van der Waals surface area contributed by atoms with Gasteiger partial charge in [0.05, 0.1) is 25.8 Å². The van der Waals surface area contributed by atoms with Crippen LogP contribution in [0.15, 0.2) is 28.8 Å². The molecule has 2 atom stereocenters. The van der Waals surface area contributed by atoms with Crippen LogP contribution in [0.5, 0.6) is 5.75 Å². The molecule has 1 aromatic carbocycles. The summed E-state index contributed by atoms with van der Waals surface area (Å²) < 4.78 is 10.6. The van der Waals surface area contributed by atoms with Gasteiger partial charge in [-0.25, -0.2) is 0 Å². The van der Waals surface area contributed by atoms with Crippen LogP contribution < -0.4 is 10.1 Å². The van der Waals surface area contributed by atoms with Crippen LogP contribution in [0.3, 0.4) is 0 Å². The molecule has 2 unspecified atom stereocenters. The summed E-state index contributed by atoms with van der Waals surface area (Å²) in [5, 5.41) is 6.76. The highest BCUT2D eigenvalue weighted by Crippen LogP contribution is 2.23. The minimum Gasteiger partial charge on any atom is -0.495 e.